The van der Waals surface area contributed by atoms with Crippen LogP contribution in [0.1, 0.15) is 10.4 Å². The summed E-state index contributed by atoms with van der Waals surface area (Å²) in [6.07, 6.45) is 0. The van der Waals surface area contributed by atoms with Crippen LogP contribution >= 0.6 is 12.6 Å². The quantitative estimate of drug-likeness (QED) is 0.418. The van der Waals surface area contributed by atoms with Gasteiger partial charge in [-0.3, -0.25) is 4.79 Å². The third kappa shape index (κ3) is 5.96. The van der Waals surface area contributed by atoms with Gasteiger partial charge in [-0.05, 0) is 30.3 Å². The zero-order chi connectivity index (χ0) is 20.7. The number of carbonyl (C=O) groups is 1. The summed E-state index contributed by atoms with van der Waals surface area (Å²) >= 11 is 3.95. The molecule has 2 rings (SSSR count). The maximum Gasteiger partial charge on any atom is 0.258 e. The van der Waals surface area contributed by atoms with Crippen molar-refractivity contribution >= 4 is 34.2 Å². The highest BCUT2D eigenvalue weighted by Crippen LogP contribution is 2.18. The van der Waals surface area contributed by atoms with Gasteiger partial charge in [0, 0.05) is 24.1 Å². The van der Waals surface area contributed by atoms with Crippen molar-refractivity contribution in [3.05, 3.63) is 59.4 Å². The number of nitrogens with one attached hydrogen (secondary N) is 2. The molecule has 2 aromatic carbocycles. The molecule has 0 unspecified atom stereocenters. The molecule has 11 heteroatoms. The molecule has 0 spiro atoms. The van der Waals surface area contributed by atoms with Gasteiger partial charge in [-0.25, -0.2) is 26.3 Å². The summed E-state index contributed by atoms with van der Waals surface area (Å²) in [6, 6.07) is 5.27. The van der Waals surface area contributed by atoms with E-state index in [1.807, 2.05) is 0 Å². The lowest BCUT2D eigenvalue weighted by molar-refractivity contribution is 0.102. The molecule has 2 aromatic rings. The Kier molecular flexibility index (Phi) is 7.87. The second kappa shape index (κ2) is 9.92. The number of carbonyl (C=O) groups excluding carboxylic acids is 1. The first-order chi connectivity index (χ1) is 13.2. The van der Waals surface area contributed by atoms with Crippen LogP contribution in [0, 0.1) is 17.5 Å². The van der Waals surface area contributed by atoms with E-state index in [9.17, 15) is 26.4 Å². The van der Waals surface area contributed by atoms with Crippen molar-refractivity contribution < 1.29 is 31.1 Å². The third-order valence-electron chi connectivity index (χ3n) is 3.44. The smallest absolute Gasteiger partial charge is 0.258 e. The van der Waals surface area contributed by atoms with Gasteiger partial charge >= 0.3 is 0 Å². The second-order valence-electron chi connectivity index (χ2n) is 5.46. The molecule has 6 nitrogen and oxygen atoms in total. The van der Waals surface area contributed by atoms with Crippen LogP contribution in [-0.4, -0.2) is 39.8 Å². The van der Waals surface area contributed by atoms with E-state index in [-0.39, 0.29) is 23.7 Å². The van der Waals surface area contributed by atoms with Crippen LogP contribution in [-0.2, 0) is 14.8 Å². The van der Waals surface area contributed by atoms with Gasteiger partial charge in [-0.1, -0.05) is 0 Å². The lowest BCUT2D eigenvalue weighted by Crippen LogP contribution is -2.28. The highest BCUT2D eigenvalue weighted by atomic mass is 32.2. The Morgan fingerprint density at radius 2 is 1.71 bits per heavy atom. The standard InChI is InChI=1S/C17H17F3N2O4S2/c18-14-4-2-12(28(24,25)21-5-6-26-7-8-27)10-13(14)17(23)22-11-1-3-15(19)16(20)9-11/h1-4,9-10,21,27H,5-8H2,(H,22,23). The average Bonchev–Trinajstić information content (AvgIpc) is 2.64. The lowest BCUT2D eigenvalue weighted by atomic mass is 10.2. The van der Waals surface area contributed by atoms with Crippen LogP contribution in [0.5, 0.6) is 0 Å². The molecule has 0 aliphatic rings. The van der Waals surface area contributed by atoms with E-state index in [2.05, 4.69) is 22.7 Å². The summed E-state index contributed by atoms with van der Waals surface area (Å²) < 4.78 is 72.1. The van der Waals surface area contributed by atoms with Crippen LogP contribution in [0.15, 0.2) is 41.3 Å². The predicted octanol–water partition coefficient (Wildman–Crippen LogP) is 2.58. The number of sulfonamides is 1. The maximum atomic E-state index is 14.0. The number of hydrogen-bond donors (Lipinski definition) is 3. The Balaban J connectivity index is 2.15. The number of hydrogen-bond acceptors (Lipinski definition) is 5. The summed E-state index contributed by atoms with van der Waals surface area (Å²) in [6.45, 7) is 0.448. The van der Waals surface area contributed by atoms with E-state index in [1.165, 1.54) is 0 Å². The molecule has 0 saturated carbocycles. The van der Waals surface area contributed by atoms with Crippen molar-refractivity contribution in [1.82, 2.24) is 4.72 Å². The van der Waals surface area contributed by atoms with Crippen molar-refractivity contribution in [2.24, 2.45) is 0 Å². The Labute approximate surface area is 165 Å². The maximum absolute atomic E-state index is 14.0. The van der Waals surface area contributed by atoms with Crippen LogP contribution in [0.3, 0.4) is 0 Å². The van der Waals surface area contributed by atoms with Crippen LogP contribution in [0.4, 0.5) is 18.9 Å². The van der Waals surface area contributed by atoms with E-state index < -0.39 is 38.9 Å². The van der Waals surface area contributed by atoms with E-state index in [1.54, 1.807) is 0 Å². The van der Waals surface area contributed by atoms with Crippen LogP contribution in [0.2, 0.25) is 0 Å². The second-order valence-corrected chi connectivity index (χ2v) is 7.67. The zero-order valence-corrected chi connectivity index (χ0v) is 16.1. The summed E-state index contributed by atoms with van der Waals surface area (Å²) in [4.78, 5) is 11.9. The van der Waals surface area contributed by atoms with Gasteiger partial charge < -0.3 is 10.1 Å². The molecule has 0 aliphatic heterocycles. The SMILES string of the molecule is O=C(Nc1ccc(F)c(F)c1)c1cc(S(=O)(=O)NCCOCCS)ccc1F. The van der Waals surface area contributed by atoms with Crippen molar-refractivity contribution in [3.63, 3.8) is 0 Å². The Morgan fingerprint density at radius 3 is 2.39 bits per heavy atom. The molecular weight excluding hydrogens is 417 g/mol. The van der Waals surface area contributed by atoms with Crippen molar-refractivity contribution in [2.75, 3.05) is 30.8 Å². The minimum absolute atomic E-state index is 0.0239. The fourth-order valence-corrected chi connectivity index (χ4v) is 3.28. The van der Waals surface area contributed by atoms with E-state index in [0.29, 0.717) is 12.4 Å². The predicted molar refractivity (Wildman–Crippen MR) is 101 cm³/mol. The molecule has 28 heavy (non-hydrogen) atoms. The monoisotopic (exact) mass is 434 g/mol. The topological polar surface area (TPSA) is 84.5 Å². The molecule has 2 N–H and O–H groups in total. The molecule has 1 amide bonds. The average molecular weight is 434 g/mol. The number of thiol groups is 1. The molecule has 0 fully saturated rings. The largest absolute Gasteiger partial charge is 0.379 e. The Morgan fingerprint density at radius 1 is 1.00 bits per heavy atom. The zero-order valence-electron chi connectivity index (χ0n) is 14.4. The molecular formula is C17H17F3N2O4S2. The minimum Gasteiger partial charge on any atom is -0.379 e. The van der Waals surface area contributed by atoms with E-state index in [0.717, 1.165) is 36.4 Å². The number of benzene rings is 2. The molecule has 0 aromatic heterocycles. The number of ether oxygens (including phenoxy) is 1. The number of rotatable bonds is 9. The summed E-state index contributed by atoms with van der Waals surface area (Å²) in [5.41, 5.74) is -0.685. The first-order valence-corrected chi connectivity index (χ1v) is 10.1. The summed E-state index contributed by atoms with van der Waals surface area (Å²) in [5, 5.41) is 2.18. The fraction of sp³-hybridized carbons (Fsp3) is 0.235. The van der Waals surface area contributed by atoms with Gasteiger partial charge in [0.25, 0.3) is 5.91 Å². The Hall–Kier alpha value is -2.08. The first-order valence-electron chi connectivity index (χ1n) is 7.99. The van der Waals surface area contributed by atoms with Crippen molar-refractivity contribution in [2.45, 2.75) is 4.90 Å². The summed E-state index contributed by atoms with van der Waals surface area (Å²) in [7, 11) is -4.01. The number of anilines is 1. The van der Waals surface area contributed by atoms with Gasteiger partial charge in [0.2, 0.25) is 10.0 Å². The summed E-state index contributed by atoms with van der Waals surface area (Å²) in [5.74, 6) is -3.81. The van der Waals surface area contributed by atoms with Gasteiger partial charge in [-0.15, -0.1) is 0 Å². The van der Waals surface area contributed by atoms with Crippen molar-refractivity contribution in [1.29, 1.82) is 0 Å². The Bertz CT molecular complexity index is 955. The molecule has 0 saturated heterocycles. The van der Waals surface area contributed by atoms with E-state index in [4.69, 9.17) is 4.74 Å². The first kappa shape index (κ1) is 22.2. The fourth-order valence-electron chi connectivity index (χ4n) is 2.12. The third-order valence-corrected chi connectivity index (χ3v) is 5.09. The highest BCUT2D eigenvalue weighted by Gasteiger charge is 2.19. The molecule has 0 radical (unpaired) electrons. The normalized spacial score (nSPS) is 11.4. The lowest BCUT2D eigenvalue weighted by Gasteiger charge is -2.10. The highest BCUT2D eigenvalue weighted by molar-refractivity contribution is 7.89. The molecule has 0 atom stereocenters. The molecule has 0 aliphatic carbocycles. The van der Waals surface area contributed by atoms with Crippen molar-refractivity contribution in [3.8, 4) is 0 Å². The van der Waals surface area contributed by atoms with Gasteiger partial charge in [-0.2, -0.15) is 12.6 Å². The molecule has 0 heterocycles. The van der Waals surface area contributed by atoms with Crippen LogP contribution < -0.4 is 10.0 Å². The van der Waals surface area contributed by atoms with Crippen LogP contribution in [0.25, 0.3) is 0 Å². The molecule has 0 bridgehead atoms. The minimum atomic E-state index is -4.01. The van der Waals surface area contributed by atoms with Gasteiger partial charge in [0.05, 0.1) is 23.7 Å². The van der Waals surface area contributed by atoms with E-state index >= 15 is 0 Å². The molecule has 152 valence electrons. The van der Waals surface area contributed by atoms with Gasteiger partial charge in [0.15, 0.2) is 11.6 Å². The van der Waals surface area contributed by atoms with Gasteiger partial charge in [0.1, 0.15) is 5.82 Å². The number of halogens is 3. The number of amides is 1.